The molecule has 0 atom stereocenters. The van der Waals surface area contributed by atoms with Crippen LogP contribution in [0.2, 0.25) is 0 Å². The maximum Gasteiger partial charge on any atom is 0.254 e. The van der Waals surface area contributed by atoms with Gasteiger partial charge in [-0.25, -0.2) is 0 Å². The molecule has 1 saturated carbocycles. The molecule has 1 aliphatic rings. The van der Waals surface area contributed by atoms with Crippen LogP contribution in [0.15, 0.2) is 18.2 Å². The number of hydrogen-bond acceptors (Lipinski definition) is 3. The summed E-state index contributed by atoms with van der Waals surface area (Å²) < 4.78 is 5.76. The van der Waals surface area contributed by atoms with Crippen LogP contribution in [0, 0.1) is 0 Å². The van der Waals surface area contributed by atoms with Crippen molar-refractivity contribution in [1.29, 1.82) is 0 Å². The molecule has 3 N–H and O–H groups in total. The third-order valence-corrected chi connectivity index (χ3v) is 2.60. The average molecular weight is 220 g/mol. The van der Waals surface area contributed by atoms with Gasteiger partial charge in [0.2, 0.25) is 0 Å². The molecule has 1 aromatic carbocycles. The summed E-state index contributed by atoms with van der Waals surface area (Å²) in [7, 11) is 1.61. The molecule has 0 spiro atoms. The van der Waals surface area contributed by atoms with E-state index in [4.69, 9.17) is 10.5 Å². The zero-order valence-electron chi connectivity index (χ0n) is 9.32. The van der Waals surface area contributed by atoms with Crippen molar-refractivity contribution in [2.24, 2.45) is 5.73 Å². The van der Waals surface area contributed by atoms with Crippen LogP contribution in [0.25, 0.3) is 0 Å². The average Bonchev–Trinajstić information content (AvgIpc) is 3.12. The van der Waals surface area contributed by atoms with Crippen molar-refractivity contribution < 1.29 is 9.53 Å². The molecule has 0 heterocycles. The normalized spacial score (nSPS) is 14.6. The van der Waals surface area contributed by atoms with Crippen LogP contribution in [0.5, 0.6) is 5.75 Å². The molecule has 0 bridgehead atoms. The number of carbonyl (C=O) groups is 1. The van der Waals surface area contributed by atoms with E-state index in [1.54, 1.807) is 13.1 Å². The lowest BCUT2D eigenvalue weighted by atomic mass is 10.1. The molecule has 86 valence electrons. The van der Waals surface area contributed by atoms with Crippen LogP contribution < -0.4 is 15.8 Å². The highest BCUT2D eigenvalue weighted by molar-refractivity contribution is 5.97. The van der Waals surface area contributed by atoms with Crippen LogP contribution in [0.1, 0.15) is 28.8 Å². The van der Waals surface area contributed by atoms with E-state index in [-0.39, 0.29) is 12.0 Å². The van der Waals surface area contributed by atoms with Gasteiger partial charge >= 0.3 is 0 Å². The smallest absolute Gasteiger partial charge is 0.254 e. The lowest BCUT2D eigenvalue weighted by Crippen LogP contribution is -2.20. The molecule has 1 amide bonds. The lowest BCUT2D eigenvalue weighted by Gasteiger charge is -2.13. The van der Waals surface area contributed by atoms with E-state index in [1.807, 2.05) is 12.1 Å². The molecule has 16 heavy (non-hydrogen) atoms. The van der Waals surface area contributed by atoms with Gasteiger partial charge in [0, 0.05) is 19.2 Å². The van der Waals surface area contributed by atoms with Crippen molar-refractivity contribution in [1.82, 2.24) is 5.32 Å². The third-order valence-electron chi connectivity index (χ3n) is 2.60. The monoisotopic (exact) mass is 220 g/mol. The molecule has 4 heteroatoms. The summed E-state index contributed by atoms with van der Waals surface area (Å²) in [5.41, 5.74) is 7.09. The molecule has 2 rings (SSSR count). The Bertz CT molecular complexity index is 400. The Kier molecular flexibility index (Phi) is 3.10. The third kappa shape index (κ3) is 2.17. The van der Waals surface area contributed by atoms with Gasteiger partial charge in [-0.3, -0.25) is 4.79 Å². The molecule has 0 unspecified atom stereocenters. The zero-order chi connectivity index (χ0) is 11.5. The number of amides is 1. The van der Waals surface area contributed by atoms with Gasteiger partial charge in [-0.05, 0) is 18.9 Å². The minimum Gasteiger partial charge on any atom is -0.489 e. The van der Waals surface area contributed by atoms with Crippen molar-refractivity contribution in [2.45, 2.75) is 25.5 Å². The van der Waals surface area contributed by atoms with Gasteiger partial charge in [0.1, 0.15) is 5.75 Å². The number of benzene rings is 1. The summed E-state index contributed by atoms with van der Waals surface area (Å²) in [6.45, 7) is 0.382. The maximum absolute atomic E-state index is 11.7. The molecule has 1 fully saturated rings. The number of ether oxygens (including phenoxy) is 1. The van der Waals surface area contributed by atoms with Gasteiger partial charge < -0.3 is 15.8 Å². The summed E-state index contributed by atoms with van der Waals surface area (Å²) in [6, 6.07) is 5.48. The summed E-state index contributed by atoms with van der Waals surface area (Å²) in [6.07, 6.45) is 2.38. The molecular formula is C12H16N2O2. The Morgan fingerprint density at radius 2 is 2.31 bits per heavy atom. The van der Waals surface area contributed by atoms with E-state index >= 15 is 0 Å². The molecule has 1 aliphatic carbocycles. The van der Waals surface area contributed by atoms with E-state index in [2.05, 4.69) is 5.32 Å². The predicted molar refractivity (Wildman–Crippen MR) is 61.4 cm³/mol. The Hall–Kier alpha value is -1.55. The van der Waals surface area contributed by atoms with E-state index in [0.29, 0.717) is 17.9 Å². The van der Waals surface area contributed by atoms with Crippen LogP contribution in [0.4, 0.5) is 0 Å². The van der Waals surface area contributed by atoms with Gasteiger partial charge in [-0.1, -0.05) is 12.1 Å². The van der Waals surface area contributed by atoms with Crippen LogP contribution in [-0.2, 0) is 6.54 Å². The van der Waals surface area contributed by atoms with Gasteiger partial charge in [-0.15, -0.1) is 0 Å². The fourth-order valence-corrected chi connectivity index (χ4v) is 1.55. The second-order valence-corrected chi connectivity index (χ2v) is 3.89. The van der Waals surface area contributed by atoms with Gasteiger partial charge in [0.15, 0.2) is 0 Å². The predicted octanol–water partition coefficient (Wildman–Crippen LogP) is 1.05. The minimum absolute atomic E-state index is 0.133. The SMILES string of the molecule is CNC(=O)c1cccc(CN)c1OC1CC1. The van der Waals surface area contributed by atoms with E-state index < -0.39 is 0 Å². The molecule has 1 aromatic rings. The number of para-hydroxylation sites is 1. The lowest BCUT2D eigenvalue weighted by molar-refractivity contribution is 0.0958. The van der Waals surface area contributed by atoms with Crippen molar-refractivity contribution in [3.63, 3.8) is 0 Å². The fraction of sp³-hybridized carbons (Fsp3) is 0.417. The first kappa shape index (κ1) is 11.0. The highest BCUT2D eigenvalue weighted by atomic mass is 16.5. The number of nitrogens with one attached hydrogen (secondary N) is 1. The molecular weight excluding hydrogens is 204 g/mol. The fourth-order valence-electron chi connectivity index (χ4n) is 1.55. The molecule has 0 aliphatic heterocycles. The van der Waals surface area contributed by atoms with E-state index in [0.717, 1.165) is 18.4 Å². The molecule has 0 radical (unpaired) electrons. The topological polar surface area (TPSA) is 64.4 Å². The first-order chi connectivity index (χ1) is 7.76. The van der Waals surface area contributed by atoms with Crippen LogP contribution in [0.3, 0.4) is 0 Å². The second kappa shape index (κ2) is 4.53. The first-order valence-electron chi connectivity index (χ1n) is 5.47. The zero-order valence-corrected chi connectivity index (χ0v) is 9.32. The largest absolute Gasteiger partial charge is 0.489 e. The van der Waals surface area contributed by atoms with Crippen LogP contribution >= 0.6 is 0 Å². The Balaban J connectivity index is 2.36. The number of rotatable bonds is 4. The Morgan fingerprint density at radius 1 is 1.56 bits per heavy atom. The maximum atomic E-state index is 11.7. The minimum atomic E-state index is -0.133. The summed E-state index contributed by atoms with van der Waals surface area (Å²) in [5, 5.41) is 2.61. The van der Waals surface area contributed by atoms with Crippen molar-refractivity contribution in [3.05, 3.63) is 29.3 Å². The Morgan fingerprint density at radius 3 is 2.88 bits per heavy atom. The summed E-state index contributed by atoms with van der Waals surface area (Å²) >= 11 is 0. The first-order valence-corrected chi connectivity index (χ1v) is 5.47. The van der Waals surface area contributed by atoms with Crippen LogP contribution in [-0.4, -0.2) is 19.1 Å². The number of hydrogen-bond donors (Lipinski definition) is 2. The highest BCUT2D eigenvalue weighted by Crippen LogP contribution is 2.31. The molecule has 0 aromatic heterocycles. The number of carbonyl (C=O) groups excluding carboxylic acids is 1. The highest BCUT2D eigenvalue weighted by Gasteiger charge is 2.26. The quantitative estimate of drug-likeness (QED) is 0.797. The Labute approximate surface area is 94.8 Å². The van der Waals surface area contributed by atoms with E-state index in [1.165, 1.54) is 0 Å². The summed E-state index contributed by atoms with van der Waals surface area (Å²) in [5.74, 6) is 0.512. The van der Waals surface area contributed by atoms with Crippen molar-refractivity contribution in [3.8, 4) is 5.75 Å². The molecule has 0 saturated heterocycles. The number of nitrogens with two attached hydrogens (primary N) is 1. The van der Waals surface area contributed by atoms with Crippen molar-refractivity contribution in [2.75, 3.05) is 7.05 Å². The van der Waals surface area contributed by atoms with E-state index in [9.17, 15) is 4.79 Å². The standard InChI is InChI=1S/C12H16N2O2/c1-14-12(15)10-4-2-3-8(7-13)11(10)16-9-5-6-9/h2-4,9H,5-7,13H2,1H3,(H,14,15). The summed E-state index contributed by atoms with van der Waals surface area (Å²) in [4.78, 5) is 11.7. The van der Waals surface area contributed by atoms with Gasteiger partial charge in [-0.2, -0.15) is 0 Å². The van der Waals surface area contributed by atoms with Gasteiger partial charge in [0.05, 0.1) is 11.7 Å². The van der Waals surface area contributed by atoms with Gasteiger partial charge in [0.25, 0.3) is 5.91 Å². The van der Waals surface area contributed by atoms with Crippen molar-refractivity contribution >= 4 is 5.91 Å². The molecule has 4 nitrogen and oxygen atoms in total. The second-order valence-electron chi connectivity index (χ2n) is 3.89.